The fourth-order valence-electron chi connectivity index (χ4n) is 2.88. The smallest absolute Gasteiger partial charge is 0.321 e. The fraction of sp³-hybridized carbons (Fsp3) is 0.238. The molecule has 0 fully saturated rings. The van der Waals surface area contributed by atoms with Gasteiger partial charge < -0.3 is 10.4 Å². The van der Waals surface area contributed by atoms with Gasteiger partial charge in [-0.2, -0.15) is 0 Å². The minimum absolute atomic E-state index is 0.00789. The summed E-state index contributed by atoms with van der Waals surface area (Å²) in [6, 6.07) is 10.6. The van der Waals surface area contributed by atoms with E-state index in [-0.39, 0.29) is 22.7 Å². The van der Waals surface area contributed by atoms with Crippen LogP contribution < -0.4 is 15.4 Å². The summed E-state index contributed by atoms with van der Waals surface area (Å²) < 4.78 is 28.5. The fourth-order valence-corrected chi connectivity index (χ4v) is 5.17. The second kappa shape index (κ2) is 8.94. The Bertz CT molecular complexity index is 1200. The van der Waals surface area contributed by atoms with Crippen molar-refractivity contribution in [3.8, 4) is 16.2 Å². The van der Waals surface area contributed by atoms with Crippen molar-refractivity contribution in [2.75, 3.05) is 10.0 Å². The van der Waals surface area contributed by atoms with Crippen molar-refractivity contribution >= 4 is 38.2 Å². The van der Waals surface area contributed by atoms with E-state index < -0.39 is 10.0 Å². The average Bonchev–Trinajstić information content (AvgIpc) is 3.03. The molecule has 0 aliphatic rings. The first-order valence-electron chi connectivity index (χ1n) is 9.53. The van der Waals surface area contributed by atoms with Crippen molar-refractivity contribution in [3.05, 3.63) is 53.7 Å². The van der Waals surface area contributed by atoms with Crippen LogP contribution in [0.25, 0.3) is 10.4 Å². The molecule has 2 aromatic carbocycles. The van der Waals surface area contributed by atoms with Gasteiger partial charge in [-0.1, -0.05) is 23.5 Å². The first-order chi connectivity index (χ1) is 14.5. The number of carbonyl (C=O) groups is 1. The summed E-state index contributed by atoms with van der Waals surface area (Å²) >= 11 is 1.27. The van der Waals surface area contributed by atoms with Crippen molar-refractivity contribution in [1.29, 1.82) is 0 Å². The van der Waals surface area contributed by atoms with E-state index in [4.69, 9.17) is 0 Å². The van der Waals surface area contributed by atoms with Crippen molar-refractivity contribution in [3.63, 3.8) is 0 Å². The molecule has 10 heteroatoms. The monoisotopic (exact) mass is 460 g/mol. The summed E-state index contributed by atoms with van der Waals surface area (Å²) in [6.45, 7) is 7.25. The molecule has 0 spiro atoms. The normalized spacial score (nSPS) is 11.4. The molecule has 3 rings (SSSR count). The number of urea groups is 1. The molecule has 4 N–H and O–H groups in total. The molecule has 31 heavy (non-hydrogen) atoms. The highest BCUT2D eigenvalue weighted by atomic mass is 32.2. The third kappa shape index (κ3) is 5.53. The quantitative estimate of drug-likeness (QED) is 0.405. The molecule has 0 saturated heterocycles. The van der Waals surface area contributed by atoms with E-state index in [0.717, 1.165) is 4.88 Å². The molecule has 1 heterocycles. The van der Waals surface area contributed by atoms with Crippen LogP contribution in [0.2, 0.25) is 0 Å². The lowest BCUT2D eigenvalue weighted by atomic mass is 10.1. The molecule has 0 radical (unpaired) electrons. The molecule has 3 aromatic rings. The van der Waals surface area contributed by atoms with Gasteiger partial charge in [-0.05, 0) is 69.2 Å². The lowest BCUT2D eigenvalue weighted by molar-refractivity contribution is 0.250. The standard InChI is InChI=1S/C21H24N4O4S2/c1-12(2)22-20(27)24-21-23-14(4)19(30-21)15-6-5-13(3)18(11-15)31(28,29)25-16-7-9-17(26)10-8-16/h5-12,25-26H,1-4H3,(H2,22,23,24,27). The first kappa shape index (κ1) is 22.6. The van der Waals surface area contributed by atoms with Gasteiger partial charge in [0.2, 0.25) is 0 Å². The van der Waals surface area contributed by atoms with Crippen LogP contribution in [0.3, 0.4) is 0 Å². The van der Waals surface area contributed by atoms with Gasteiger partial charge in [0.1, 0.15) is 5.75 Å². The number of aromatic nitrogens is 1. The lowest BCUT2D eigenvalue weighted by Gasteiger charge is -2.12. The number of hydrogen-bond donors (Lipinski definition) is 4. The summed E-state index contributed by atoms with van der Waals surface area (Å²) in [4.78, 5) is 17.2. The van der Waals surface area contributed by atoms with Crippen LogP contribution in [0.5, 0.6) is 5.75 Å². The zero-order valence-corrected chi connectivity index (χ0v) is 19.2. The Hall–Kier alpha value is -3.11. The molecule has 8 nitrogen and oxygen atoms in total. The molecular weight excluding hydrogens is 436 g/mol. The minimum atomic E-state index is -3.85. The summed E-state index contributed by atoms with van der Waals surface area (Å²) in [5.74, 6) is 0.0493. The molecule has 0 bridgehead atoms. The SMILES string of the molecule is Cc1ccc(-c2sc(NC(=O)NC(C)C)nc2C)cc1S(=O)(=O)Nc1ccc(O)cc1. The Morgan fingerprint density at radius 1 is 1.10 bits per heavy atom. The highest BCUT2D eigenvalue weighted by Gasteiger charge is 2.20. The third-order valence-corrected chi connectivity index (χ3v) is 6.94. The van der Waals surface area contributed by atoms with E-state index in [1.165, 1.54) is 35.6 Å². The van der Waals surface area contributed by atoms with Crippen molar-refractivity contribution in [2.45, 2.75) is 38.6 Å². The van der Waals surface area contributed by atoms with Crippen LogP contribution in [0.1, 0.15) is 25.1 Å². The predicted octanol–water partition coefficient (Wildman–Crippen LogP) is 4.46. The molecule has 164 valence electrons. The zero-order valence-electron chi connectivity index (χ0n) is 17.6. The van der Waals surface area contributed by atoms with E-state index >= 15 is 0 Å². The van der Waals surface area contributed by atoms with Gasteiger partial charge >= 0.3 is 6.03 Å². The minimum Gasteiger partial charge on any atom is -0.508 e. The summed E-state index contributed by atoms with van der Waals surface area (Å²) in [5.41, 5.74) is 2.30. The number of thiazole rings is 1. The Balaban J connectivity index is 1.90. The number of benzene rings is 2. The number of amides is 2. The number of anilines is 2. The zero-order chi connectivity index (χ0) is 22.8. The second-order valence-electron chi connectivity index (χ2n) is 7.32. The van der Waals surface area contributed by atoms with E-state index in [9.17, 15) is 18.3 Å². The molecule has 1 aromatic heterocycles. The van der Waals surface area contributed by atoms with Gasteiger partial charge in [-0.15, -0.1) is 0 Å². The first-order valence-corrected chi connectivity index (χ1v) is 11.8. The number of phenolic OH excluding ortho intramolecular Hbond substituents is 1. The van der Waals surface area contributed by atoms with Crippen LogP contribution in [-0.2, 0) is 10.0 Å². The molecule has 0 saturated carbocycles. The van der Waals surface area contributed by atoms with Crippen LogP contribution in [0.15, 0.2) is 47.4 Å². The topological polar surface area (TPSA) is 120 Å². The summed E-state index contributed by atoms with van der Waals surface area (Å²) in [5, 5.41) is 15.3. The van der Waals surface area contributed by atoms with Crippen molar-refractivity contribution in [2.24, 2.45) is 0 Å². The Morgan fingerprint density at radius 2 is 1.77 bits per heavy atom. The van der Waals surface area contributed by atoms with Crippen molar-refractivity contribution in [1.82, 2.24) is 10.3 Å². The Labute approximate surface area is 185 Å². The lowest BCUT2D eigenvalue weighted by Crippen LogP contribution is -2.34. The average molecular weight is 461 g/mol. The number of nitrogens with one attached hydrogen (secondary N) is 3. The number of rotatable bonds is 6. The van der Waals surface area contributed by atoms with Gasteiger partial charge in [0, 0.05) is 11.7 Å². The van der Waals surface area contributed by atoms with E-state index in [2.05, 4.69) is 20.3 Å². The number of aromatic hydroxyl groups is 1. The molecular formula is C21H24N4O4S2. The molecule has 0 atom stereocenters. The van der Waals surface area contributed by atoms with Gasteiger partial charge in [0.05, 0.1) is 15.5 Å². The van der Waals surface area contributed by atoms with Crippen LogP contribution in [0, 0.1) is 13.8 Å². The Morgan fingerprint density at radius 3 is 2.42 bits per heavy atom. The molecule has 0 unspecified atom stereocenters. The van der Waals surface area contributed by atoms with Crippen LogP contribution in [0.4, 0.5) is 15.6 Å². The summed E-state index contributed by atoms with van der Waals surface area (Å²) in [6.07, 6.45) is 0. The molecule has 0 aliphatic carbocycles. The maximum absolute atomic E-state index is 13.0. The molecule has 0 aliphatic heterocycles. The maximum atomic E-state index is 13.0. The highest BCUT2D eigenvalue weighted by molar-refractivity contribution is 7.92. The maximum Gasteiger partial charge on any atom is 0.321 e. The van der Waals surface area contributed by atoms with Gasteiger partial charge in [-0.3, -0.25) is 10.0 Å². The number of carbonyl (C=O) groups excluding carboxylic acids is 1. The molecule has 2 amide bonds. The number of phenols is 1. The number of aryl methyl sites for hydroxylation is 2. The number of hydrogen-bond acceptors (Lipinski definition) is 6. The number of nitrogens with zero attached hydrogens (tertiary/aromatic N) is 1. The third-order valence-electron chi connectivity index (χ3n) is 4.30. The van der Waals surface area contributed by atoms with Crippen molar-refractivity contribution < 1.29 is 18.3 Å². The second-order valence-corrected chi connectivity index (χ2v) is 9.97. The Kier molecular flexibility index (Phi) is 6.51. The van der Waals surface area contributed by atoms with Crippen LogP contribution in [-0.4, -0.2) is 30.6 Å². The van der Waals surface area contributed by atoms with Crippen LogP contribution >= 0.6 is 11.3 Å². The highest BCUT2D eigenvalue weighted by Crippen LogP contribution is 2.35. The predicted molar refractivity (Wildman–Crippen MR) is 123 cm³/mol. The van der Waals surface area contributed by atoms with E-state index in [0.29, 0.717) is 27.6 Å². The van der Waals surface area contributed by atoms with E-state index in [1.807, 2.05) is 19.9 Å². The largest absolute Gasteiger partial charge is 0.508 e. The van der Waals surface area contributed by atoms with Gasteiger partial charge in [-0.25, -0.2) is 18.2 Å². The summed E-state index contributed by atoms with van der Waals surface area (Å²) in [7, 11) is -3.85. The van der Waals surface area contributed by atoms with Gasteiger partial charge in [0.25, 0.3) is 10.0 Å². The number of sulfonamides is 1. The van der Waals surface area contributed by atoms with Gasteiger partial charge in [0.15, 0.2) is 5.13 Å². The van der Waals surface area contributed by atoms with E-state index in [1.54, 1.807) is 26.0 Å².